The van der Waals surface area contributed by atoms with Crippen LogP contribution in [0.5, 0.6) is 5.75 Å². The number of aromatic amines is 2. The number of ether oxygens (including phenoxy) is 1. The monoisotopic (exact) mass is 367 g/mol. The Morgan fingerprint density at radius 1 is 1.26 bits per heavy atom. The number of amides is 1. The van der Waals surface area contributed by atoms with Crippen LogP contribution < -0.4 is 4.74 Å². The van der Waals surface area contributed by atoms with Gasteiger partial charge in [-0.1, -0.05) is 12.1 Å². The highest BCUT2D eigenvalue weighted by atomic mass is 16.5. The fourth-order valence-electron chi connectivity index (χ4n) is 2.55. The second kappa shape index (κ2) is 7.86. The molecule has 0 aliphatic carbocycles. The maximum atomic E-state index is 12.5. The lowest BCUT2D eigenvalue weighted by atomic mass is 10.1. The first-order chi connectivity index (χ1) is 12.9. The molecule has 0 bridgehead atoms. The zero-order valence-electron chi connectivity index (χ0n) is 15.4. The minimum atomic E-state index is -0.217. The van der Waals surface area contributed by atoms with E-state index in [-0.39, 0.29) is 18.3 Å². The summed E-state index contributed by atoms with van der Waals surface area (Å²) in [6.45, 7) is 3.99. The molecule has 27 heavy (non-hydrogen) atoms. The molecule has 0 atom stereocenters. The van der Waals surface area contributed by atoms with Crippen LogP contribution in [0.2, 0.25) is 0 Å². The Hall–Kier alpha value is -3.42. The lowest BCUT2D eigenvalue weighted by Crippen LogP contribution is -2.27. The second-order valence-electron chi connectivity index (χ2n) is 6.33. The first-order valence-corrected chi connectivity index (χ1v) is 8.46. The summed E-state index contributed by atoms with van der Waals surface area (Å²) in [4.78, 5) is 32.7. The van der Waals surface area contributed by atoms with Gasteiger partial charge in [-0.25, -0.2) is 4.98 Å². The van der Waals surface area contributed by atoms with E-state index in [4.69, 9.17) is 4.74 Å². The molecule has 0 spiro atoms. The van der Waals surface area contributed by atoms with E-state index < -0.39 is 0 Å². The molecule has 2 aromatic heterocycles. The number of nitrogens with one attached hydrogen (secondary N) is 2. The molecule has 3 rings (SSSR count). The Kier molecular flexibility index (Phi) is 5.35. The number of hydrogen-bond acceptors (Lipinski definition) is 5. The predicted octanol–water partition coefficient (Wildman–Crippen LogP) is 2.50. The molecule has 2 heterocycles. The van der Waals surface area contributed by atoms with Crippen molar-refractivity contribution in [2.24, 2.45) is 0 Å². The van der Waals surface area contributed by atoms with Crippen LogP contribution >= 0.6 is 0 Å². The number of carbonyl (C=O) groups is 2. The second-order valence-corrected chi connectivity index (χ2v) is 6.33. The number of aryl methyl sites for hydroxylation is 1. The minimum Gasteiger partial charge on any atom is -0.487 e. The highest BCUT2D eigenvalue weighted by Gasteiger charge is 2.17. The van der Waals surface area contributed by atoms with Crippen molar-refractivity contribution >= 4 is 11.7 Å². The van der Waals surface area contributed by atoms with E-state index in [0.717, 1.165) is 5.69 Å². The van der Waals surface area contributed by atoms with Gasteiger partial charge in [-0.15, -0.1) is 0 Å². The lowest BCUT2D eigenvalue weighted by molar-refractivity contribution is 0.0775. The summed E-state index contributed by atoms with van der Waals surface area (Å²) >= 11 is 0. The number of Topliss-reactive ketones (excluding diaryl/α,β-unsaturated/α-hetero) is 1. The van der Waals surface area contributed by atoms with E-state index in [2.05, 4.69) is 20.2 Å². The van der Waals surface area contributed by atoms with Gasteiger partial charge in [-0.05, 0) is 32.0 Å². The molecular formula is C19H21N5O3. The molecule has 140 valence electrons. The number of imidazole rings is 1. The van der Waals surface area contributed by atoms with Crippen molar-refractivity contribution in [2.45, 2.75) is 27.0 Å². The normalized spacial score (nSPS) is 10.6. The summed E-state index contributed by atoms with van der Waals surface area (Å²) in [5, 5.41) is 6.87. The lowest BCUT2D eigenvalue weighted by Gasteiger charge is -2.13. The van der Waals surface area contributed by atoms with Crippen LogP contribution in [0.25, 0.3) is 0 Å². The minimum absolute atomic E-state index is 0.0235. The zero-order valence-corrected chi connectivity index (χ0v) is 15.4. The fourth-order valence-corrected chi connectivity index (χ4v) is 2.55. The van der Waals surface area contributed by atoms with Gasteiger partial charge in [0.1, 0.15) is 18.2 Å². The van der Waals surface area contributed by atoms with Crippen molar-refractivity contribution in [3.63, 3.8) is 0 Å². The summed E-state index contributed by atoms with van der Waals surface area (Å²) in [5.74, 6) is 1.05. The van der Waals surface area contributed by atoms with Crippen LogP contribution in [0, 0.1) is 6.92 Å². The van der Waals surface area contributed by atoms with E-state index in [1.54, 1.807) is 43.6 Å². The van der Waals surface area contributed by atoms with E-state index in [1.807, 2.05) is 6.92 Å². The number of hydrogen-bond donors (Lipinski definition) is 2. The van der Waals surface area contributed by atoms with Crippen LogP contribution in [-0.2, 0) is 13.2 Å². The molecule has 8 heteroatoms. The maximum Gasteiger partial charge on any atom is 0.274 e. The van der Waals surface area contributed by atoms with Crippen LogP contribution in [0.1, 0.15) is 45.0 Å². The predicted molar refractivity (Wildman–Crippen MR) is 98.5 cm³/mol. The highest BCUT2D eigenvalue weighted by Crippen LogP contribution is 2.15. The first kappa shape index (κ1) is 18.4. The molecular weight excluding hydrogens is 346 g/mol. The van der Waals surface area contributed by atoms with Gasteiger partial charge in [0.25, 0.3) is 5.91 Å². The number of rotatable bonds is 7. The van der Waals surface area contributed by atoms with Crippen molar-refractivity contribution in [2.75, 3.05) is 7.05 Å². The fraction of sp³-hybridized carbons (Fsp3) is 0.263. The van der Waals surface area contributed by atoms with Crippen molar-refractivity contribution in [3.8, 4) is 5.75 Å². The number of H-pyrrole nitrogens is 2. The van der Waals surface area contributed by atoms with Crippen molar-refractivity contribution in [1.82, 2.24) is 25.1 Å². The van der Waals surface area contributed by atoms with Crippen LogP contribution in [-0.4, -0.2) is 43.8 Å². The van der Waals surface area contributed by atoms with E-state index in [1.165, 1.54) is 11.8 Å². The molecule has 0 aliphatic rings. The third-order valence-corrected chi connectivity index (χ3v) is 3.97. The average molecular weight is 367 g/mol. The molecule has 0 unspecified atom stereocenters. The molecule has 8 nitrogen and oxygen atoms in total. The smallest absolute Gasteiger partial charge is 0.274 e. The van der Waals surface area contributed by atoms with Gasteiger partial charge >= 0.3 is 0 Å². The Bertz CT molecular complexity index is 960. The summed E-state index contributed by atoms with van der Waals surface area (Å²) in [6.07, 6.45) is 1.72. The third-order valence-electron chi connectivity index (χ3n) is 3.97. The summed E-state index contributed by atoms with van der Waals surface area (Å²) < 4.78 is 5.67. The van der Waals surface area contributed by atoms with E-state index >= 15 is 0 Å². The van der Waals surface area contributed by atoms with Crippen LogP contribution in [0.15, 0.2) is 36.5 Å². The number of carbonyl (C=O) groups excluding carboxylic acids is 2. The Balaban J connectivity index is 1.59. The Labute approximate surface area is 156 Å². The van der Waals surface area contributed by atoms with Crippen LogP contribution in [0.4, 0.5) is 0 Å². The van der Waals surface area contributed by atoms with Crippen molar-refractivity contribution in [1.29, 1.82) is 0 Å². The largest absolute Gasteiger partial charge is 0.487 e. The highest BCUT2D eigenvalue weighted by molar-refractivity contribution is 5.94. The van der Waals surface area contributed by atoms with Gasteiger partial charge < -0.3 is 14.6 Å². The van der Waals surface area contributed by atoms with Gasteiger partial charge in [0, 0.05) is 24.5 Å². The van der Waals surface area contributed by atoms with Gasteiger partial charge in [0.2, 0.25) is 0 Å². The molecule has 0 radical (unpaired) electrons. The number of aromatic nitrogens is 4. The van der Waals surface area contributed by atoms with Crippen molar-refractivity contribution in [3.05, 3.63) is 65.0 Å². The first-order valence-electron chi connectivity index (χ1n) is 8.46. The molecule has 0 saturated heterocycles. The molecule has 1 amide bonds. The standard InChI is InChI=1S/C19H21N5O3/c1-12-9-20-18(21-12)10-24(3)19(26)17-8-15(22-23-17)11-27-16-6-4-5-14(7-16)13(2)25/h4-9H,10-11H2,1-3H3,(H,20,21)(H,22,23). The number of benzene rings is 1. The molecule has 0 fully saturated rings. The average Bonchev–Trinajstić information content (AvgIpc) is 3.28. The Morgan fingerprint density at radius 3 is 2.78 bits per heavy atom. The zero-order chi connectivity index (χ0) is 19.4. The van der Waals surface area contributed by atoms with Gasteiger partial charge in [-0.2, -0.15) is 5.10 Å². The molecule has 1 aromatic carbocycles. The third kappa shape index (κ3) is 4.60. The SMILES string of the molecule is CC(=O)c1cccc(OCc2cc(C(=O)N(C)Cc3ncc(C)[nH]3)n[nH]2)c1. The molecule has 0 aliphatic heterocycles. The number of ketones is 1. The molecule has 0 saturated carbocycles. The summed E-state index contributed by atoms with van der Waals surface area (Å²) in [6, 6.07) is 8.61. The van der Waals surface area contributed by atoms with Crippen molar-refractivity contribution < 1.29 is 14.3 Å². The van der Waals surface area contributed by atoms with Crippen LogP contribution in [0.3, 0.4) is 0 Å². The Morgan fingerprint density at radius 2 is 2.07 bits per heavy atom. The molecule has 2 N–H and O–H groups in total. The number of nitrogens with zero attached hydrogens (tertiary/aromatic N) is 3. The van der Waals surface area contributed by atoms with Gasteiger partial charge in [0.15, 0.2) is 11.5 Å². The van der Waals surface area contributed by atoms with Gasteiger partial charge in [0.05, 0.1) is 12.2 Å². The molecule has 3 aromatic rings. The maximum absolute atomic E-state index is 12.5. The quantitative estimate of drug-likeness (QED) is 0.625. The van der Waals surface area contributed by atoms with E-state index in [0.29, 0.717) is 35.1 Å². The van der Waals surface area contributed by atoms with Gasteiger partial charge in [-0.3, -0.25) is 14.7 Å². The topological polar surface area (TPSA) is 104 Å². The van der Waals surface area contributed by atoms with E-state index in [9.17, 15) is 9.59 Å². The summed E-state index contributed by atoms with van der Waals surface area (Å²) in [7, 11) is 1.69. The summed E-state index contributed by atoms with van der Waals surface area (Å²) in [5.41, 5.74) is 2.49.